The number of likely N-dealkylation sites (tertiary alicyclic amines) is 1. The molecule has 0 aromatic heterocycles. The lowest BCUT2D eigenvalue weighted by molar-refractivity contribution is 0.0698. The van der Waals surface area contributed by atoms with E-state index in [9.17, 15) is 4.79 Å². The molecular weight excluding hydrogens is 383 g/mol. The van der Waals surface area contributed by atoms with Gasteiger partial charge in [-0.25, -0.2) is 0 Å². The number of rotatable bonds is 4. The molecule has 1 atom stereocenters. The summed E-state index contributed by atoms with van der Waals surface area (Å²) in [5, 5.41) is 3.30. The van der Waals surface area contributed by atoms with E-state index in [1.54, 1.807) is 0 Å². The number of halogens is 2. The number of carbonyl (C=O) groups excluding carboxylic acids is 1. The van der Waals surface area contributed by atoms with Crippen molar-refractivity contribution in [2.45, 2.75) is 38.8 Å². The summed E-state index contributed by atoms with van der Waals surface area (Å²) in [5.41, 5.74) is 2.04. The molecule has 0 radical (unpaired) electrons. The minimum Gasteiger partial charge on any atom is -0.369 e. The van der Waals surface area contributed by atoms with Gasteiger partial charge in [0.1, 0.15) is 0 Å². The van der Waals surface area contributed by atoms with Gasteiger partial charge in [0.15, 0.2) is 0 Å². The lowest BCUT2D eigenvalue weighted by atomic mass is 10.0. The normalized spacial score (nSPS) is 20.8. The third-order valence-electron chi connectivity index (χ3n) is 5.64. The third kappa shape index (κ3) is 5.98. The Morgan fingerprint density at radius 3 is 2.22 bits per heavy atom. The lowest BCUT2D eigenvalue weighted by Gasteiger charge is -2.38. The largest absolute Gasteiger partial charge is 0.369 e. The molecule has 0 aliphatic carbocycles. The third-order valence-corrected chi connectivity index (χ3v) is 5.64. The molecule has 2 fully saturated rings. The Kier molecular flexibility index (Phi) is 9.88. The maximum atomic E-state index is 12.7. The summed E-state index contributed by atoms with van der Waals surface area (Å²) >= 11 is 0. The molecule has 1 amide bonds. The lowest BCUT2D eigenvalue weighted by Crippen LogP contribution is -2.49. The van der Waals surface area contributed by atoms with Gasteiger partial charge >= 0.3 is 0 Å². The highest BCUT2D eigenvalue weighted by Gasteiger charge is 2.24. The van der Waals surface area contributed by atoms with Crippen molar-refractivity contribution >= 4 is 36.4 Å². The number of nitrogens with zero attached hydrogens (tertiary/aromatic N) is 3. The van der Waals surface area contributed by atoms with Gasteiger partial charge in [0.2, 0.25) is 0 Å². The zero-order chi connectivity index (χ0) is 17.8. The van der Waals surface area contributed by atoms with Gasteiger partial charge in [-0.1, -0.05) is 0 Å². The van der Waals surface area contributed by atoms with Crippen molar-refractivity contribution in [1.29, 1.82) is 0 Å². The number of amides is 1. The van der Waals surface area contributed by atoms with Crippen LogP contribution in [-0.2, 0) is 0 Å². The molecule has 2 saturated heterocycles. The fourth-order valence-electron chi connectivity index (χ4n) is 3.89. The monoisotopic (exact) mass is 416 g/mol. The summed E-state index contributed by atoms with van der Waals surface area (Å²) in [5.74, 6) is 0.163. The number of likely N-dealkylation sites (N-methyl/N-ethyl adjacent to an activating group) is 1. The van der Waals surface area contributed by atoms with E-state index < -0.39 is 0 Å². The van der Waals surface area contributed by atoms with Crippen LogP contribution in [0.4, 0.5) is 5.69 Å². The van der Waals surface area contributed by atoms with Crippen LogP contribution in [0.1, 0.15) is 37.0 Å². The molecule has 2 aliphatic heterocycles. The smallest absolute Gasteiger partial charge is 0.253 e. The van der Waals surface area contributed by atoms with Gasteiger partial charge in [-0.15, -0.1) is 24.8 Å². The Bertz CT molecular complexity index is 574. The quantitative estimate of drug-likeness (QED) is 0.818. The fourth-order valence-corrected chi connectivity index (χ4v) is 3.89. The zero-order valence-corrected chi connectivity index (χ0v) is 18.3. The van der Waals surface area contributed by atoms with Crippen LogP contribution in [0.25, 0.3) is 0 Å². The molecular formula is C20H34Cl2N4O. The summed E-state index contributed by atoms with van der Waals surface area (Å²) in [4.78, 5) is 19.7. The standard InChI is InChI=1S/C20H32N4O.2ClH/c1-16(2)22-11-13-23(14-12-22)19-8-6-17(7-9-19)20(25)24-10-4-5-18(15-24)21-3;;/h6-9,16,18,21H,4-5,10-15H2,1-3H3;2*1H. The molecule has 2 heterocycles. The van der Waals surface area contributed by atoms with Crippen LogP contribution in [0.5, 0.6) is 0 Å². The number of anilines is 1. The first-order valence-electron chi connectivity index (χ1n) is 9.64. The molecule has 0 spiro atoms. The van der Waals surface area contributed by atoms with E-state index in [4.69, 9.17) is 0 Å². The van der Waals surface area contributed by atoms with Crippen LogP contribution >= 0.6 is 24.8 Å². The van der Waals surface area contributed by atoms with Crippen molar-refractivity contribution in [3.05, 3.63) is 29.8 Å². The van der Waals surface area contributed by atoms with E-state index in [1.807, 2.05) is 24.1 Å². The summed E-state index contributed by atoms with van der Waals surface area (Å²) in [7, 11) is 1.98. The molecule has 1 unspecified atom stereocenters. The van der Waals surface area contributed by atoms with Crippen molar-refractivity contribution in [1.82, 2.24) is 15.1 Å². The van der Waals surface area contributed by atoms with E-state index in [1.165, 1.54) is 5.69 Å². The topological polar surface area (TPSA) is 38.8 Å². The van der Waals surface area contributed by atoms with Crippen molar-refractivity contribution < 1.29 is 4.79 Å². The van der Waals surface area contributed by atoms with E-state index in [0.717, 1.165) is 57.7 Å². The van der Waals surface area contributed by atoms with Crippen LogP contribution in [0.15, 0.2) is 24.3 Å². The summed E-state index contributed by atoms with van der Waals surface area (Å²) in [6.07, 6.45) is 2.23. The van der Waals surface area contributed by atoms with E-state index in [0.29, 0.717) is 12.1 Å². The van der Waals surface area contributed by atoms with Crippen molar-refractivity contribution in [3.8, 4) is 0 Å². The van der Waals surface area contributed by atoms with Gasteiger partial charge in [0.25, 0.3) is 5.91 Å². The Morgan fingerprint density at radius 2 is 1.67 bits per heavy atom. The Balaban J connectivity index is 0.00000182. The SMILES string of the molecule is CNC1CCCN(C(=O)c2ccc(N3CCN(C(C)C)CC3)cc2)C1.Cl.Cl. The summed E-state index contributed by atoms with van der Waals surface area (Å²) < 4.78 is 0. The average Bonchev–Trinajstić information content (AvgIpc) is 2.67. The van der Waals surface area contributed by atoms with Crippen LogP contribution in [-0.4, -0.2) is 74.1 Å². The predicted octanol–water partition coefficient (Wildman–Crippen LogP) is 2.88. The maximum absolute atomic E-state index is 12.7. The molecule has 27 heavy (non-hydrogen) atoms. The van der Waals surface area contributed by atoms with Gasteiger partial charge in [-0.2, -0.15) is 0 Å². The van der Waals surface area contributed by atoms with Crippen LogP contribution in [0.2, 0.25) is 0 Å². The van der Waals surface area contributed by atoms with Gasteiger partial charge < -0.3 is 15.1 Å². The van der Waals surface area contributed by atoms with E-state index in [2.05, 4.69) is 41.1 Å². The van der Waals surface area contributed by atoms with Gasteiger partial charge in [-0.3, -0.25) is 9.69 Å². The fraction of sp³-hybridized carbons (Fsp3) is 0.650. The van der Waals surface area contributed by atoms with Crippen molar-refractivity contribution in [3.63, 3.8) is 0 Å². The first-order valence-corrected chi connectivity index (χ1v) is 9.64. The molecule has 2 aliphatic rings. The van der Waals surface area contributed by atoms with Crippen LogP contribution in [0, 0.1) is 0 Å². The first-order chi connectivity index (χ1) is 12.1. The van der Waals surface area contributed by atoms with E-state index in [-0.39, 0.29) is 30.7 Å². The number of carbonyl (C=O) groups is 1. The van der Waals surface area contributed by atoms with Crippen LogP contribution < -0.4 is 10.2 Å². The molecule has 7 heteroatoms. The number of hydrogen-bond acceptors (Lipinski definition) is 4. The second-order valence-electron chi connectivity index (χ2n) is 7.54. The highest BCUT2D eigenvalue weighted by Crippen LogP contribution is 2.20. The second-order valence-corrected chi connectivity index (χ2v) is 7.54. The number of hydrogen-bond donors (Lipinski definition) is 1. The number of piperidine rings is 1. The van der Waals surface area contributed by atoms with Gasteiger partial charge in [0.05, 0.1) is 0 Å². The summed E-state index contributed by atoms with van der Waals surface area (Å²) in [6, 6.07) is 9.25. The Morgan fingerprint density at radius 1 is 1.04 bits per heavy atom. The molecule has 0 bridgehead atoms. The van der Waals surface area contributed by atoms with Gasteiger partial charge in [0, 0.05) is 62.6 Å². The number of piperazine rings is 1. The van der Waals surface area contributed by atoms with Crippen molar-refractivity contribution in [2.75, 3.05) is 51.2 Å². The number of nitrogens with one attached hydrogen (secondary N) is 1. The number of benzene rings is 1. The highest BCUT2D eigenvalue weighted by molar-refractivity contribution is 5.94. The molecule has 1 aromatic carbocycles. The first kappa shape index (κ1) is 24.0. The average molecular weight is 417 g/mol. The van der Waals surface area contributed by atoms with Crippen molar-refractivity contribution in [2.24, 2.45) is 0 Å². The molecule has 1 N–H and O–H groups in total. The predicted molar refractivity (Wildman–Crippen MR) is 118 cm³/mol. The zero-order valence-electron chi connectivity index (χ0n) is 16.7. The Labute approximate surface area is 176 Å². The highest BCUT2D eigenvalue weighted by atomic mass is 35.5. The maximum Gasteiger partial charge on any atom is 0.253 e. The minimum absolute atomic E-state index is 0. The van der Waals surface area contributed by atoms with E-state index >= 15 is 0 Å². The Hall–Kier alpha value is -1.01. The van der Waals surface area contributed by atoms with Crippen LogP contribution in [0.3, 0.4) is 0 Å². The summed E-state index contributed by atoms with van der Waals surface area (Å²) in [6.45, 7) is 10.5. The van der Waals surface area contributed by atoms with Gasteiger partial charge in [-0.05, 0) is 58.0 Å². The molecule has 3 rings (SSSR count). The molecule has 154 valence electrons. The molecule has 5 nitrogen and oxygen atoms in total. The molecule has 1 aromatic rings. The molecule has 0 saturated carbocycles. The second kappa shape index (κ2) is 11.1. The minimum atomic E-state index is 0.